The van der Waals surface area contributed by atoms with E-state index in [-0.39, 0.29) is 23.3 Å². The Hall–Kier alpha value is -2.63. The topological polar surface area (TPSA) is 64.4 Å². The normalized spacial score (nSPS) is 17.4. The molecule has 3 rings (SSSR count). The van der Waals surface area contributed by atoms with Gasteiger partial charge in [0.1, 0.15) is 17.5 Å². The number of amides is 1. The lowest BCUT2D eigenvalue weighted by Crippen LogP contribution is -2.37. The lowest BCUT2D eigenvalue weighted by Gasteiger charge is -2.21. The highest BCUT2D eigenvalue weighted by Crippen LogP contribution is 2.25. The molecule has 1 aliphatic heterocycles. The van der Waals surface area contributed by atoms with E-state index < -0.39 is 0 Å². The first-order chi connectivity index (χ1) is 10.5. The number of fused-ring (bicyclic) bond motifs is 1. The molecule has 0 fully saturated rings. The molecule has 1 aromatic heterocycles. The lowest BCUT2D eigenvalue weighted by atomic mass is 10.2. The Kier molecular flexibility index (Phi) is 3.66. The first-order valence-corrected chi connectivity index (χ1v) is 7.13. The molecule has 22 heavy (non-hydrogen) atoms. The Morgan fingerprint density at radius 1 is 1.27 bits per heavy atom. The van der Waals surface area contributed by atoms with Crippen molar-refractivity contribution in [2.45, 2.75) is 19.6 Å². The van der Waals surface area contributed by atoms with Crippen molar-refractivity contribution in [3.8, 4) is 5.75 Å². The van der Waals surface area contributed by atoms with E-state index in [0.29, 0.717) is 13.1 Å². The van der Waals surface area contributed by atoms with Gasteiger partial charge in [-0.3, -0.25) is 9.59 Å². The Balaban J connectivity index is 1.92. The van der Waals surface area contributed by atoms with Crippen LogP contribution in [0.2, 0.25) is 0 Å². The van der Waals surface area contributed by atoms with Gasteiger partial charge in [-0.1, -0.05) is 18.2 Å². The van der Waals surface area contributed by atoms with Gasteiger partial charge in [-0.2, -0.15) is 5.10 Å². The first-order valence-electron chi connectivity index (χ1n) is 7.13. The summed E-state index contributed by atoms with van der Waals surface area (Å²) in [6.07, 6.45) is -0.111. The molecule has 1 amide bonds. The zero-order chi connectivity index (χ0) is 15.7. The lowest BCUT2D eigenvalue weighted by molar-refractivity contribution is 0.0682. The second-order valence-corrected chi connectivity index (χ2v) is 5.40. The third-order valence-electron chi connectivity index (χ3n) is 3.61. The van der Waals surface area contributed by atoms with Crippen LogP contribution in [0.3, 0.4) is 0 Å². The zero-order valence-electron chi connectivity index (χ0n) is 12.5. The first kappa shape index (κ1) is 14.3. The fourth-order valence-electron chi connectivity index (χ4n) is 2.52. The molecule has 6 nitrogen and oxygen atoms in total. The van der Waals surface area contributed by atoms with E-state index in [2.05, 4.69) is 5.10 Å². The van der Waals surface area contributed by atoms with Crippen molar-refractivity contribution >= 4 is 5.91 Å². The van der Waals surface area contributed by atoms with Crippen LogP contribution >= 0.6 is 0 Å². The van der Waals surface area contributed by atoms with Crippen molar-refractivity contribution in [3.63, 3.8) is 0 Å². The molecule has 2 heterocycles. The molecule has 1 unspecified atom stereocenters. The number of benzene rings is 1. The number of carbonyl (C=O) groups is 1. The van der Waals surface area contributed by atoms with Gasteiger partial charge in [-0.25, -0.2) is 4.68 Å². The van der Waals surface area contributed by atoms with Gasteiger partial charge in [-0.05, 0) is 19.1 Å². The summed E-state index contributed by atoms with van der Waals surface area (Å²) in [7, 11) is 1.53. The van der Waals surface area contributed by atoms with E-state index >= 15 is 0 Å². The zero-order valence-corrected chi connectivity index (χ0v) is 12.5. The monoisotopic (exact) mass is 299 g/mol. The maximum atomic E-state index is 12.7. The van der Waals surface area contributed by atoms with Crippen LogP contribution in [0, 0.1) is 0 Å². The number of nitrogens with zero attached hydrogens (tertiary/aromatic N) is 3. The summed E-state index contributed by atoms with van der Waals surface area (Å²) in [5.41, 5.74) is 0.980. The number of ether oxygens (including phenoxy) is 1. The maximum absolute atomic E-state index is 12.7. The van der Waals surface area contributed by atoms with Gasteiger partial charge in [0.25, 0.3) is 11.5 Å². The van der Waals surface area contributed by atoms with Crippen molar-refractivity contribution in [2.24, 2.45) is 7.05 Å². The van der Waals surface area contributed by atoms with Crippen LogP contribution in [0.1, 0.15) is 23.0 Å². The van der Waals surface area contributed by atoms with E-state index in [1.807, 2.05) is 31.2 Å². The van der Waals surface area contributed by atoms with Crippen LogP contribution in [-0.4, -0.2) is 33.2 Å². The molecule has 1 aliphatic rings. The smallest absolute Gasteiger partial charge is 0.274 e. The van der Waals surface area contributed by atoms with Crippen molar-refractivity contribution in [1.29, 1.82) is 0 Å². The molecule has 0 spiro atoms. The number of hydrogen-bond acceptors (Lipinski definition) is 4. The fraction of sp³-hybridized carbons (Fsp3) is 0.312. The van der Waals surface area contributed by atoms with E-state index in [1.165, 1.54) is 23.9 Å². The van der Waals surface area contributed by atoms with Gasteiger partial charge in [0, 0.05) is 25.2 Å². The minimum atomic E-state index is -0.241. The van der Waals surface area contributed by atoms with Crippen LogP contribution in [0.5, 0.6) is 5.75 Å². The molecule has 0 saturated carbocycles. The number of aromatic nitrogens is 2. The van der Waals surface area contributed by atoms with Crippen molar-refractivity contribution in [2.75, 3.05) is 6.54 Å². The Morgan fingerprint density at radius 2 is 2.05 bits per heavy atom. The maximum Gasteiger partial charge on any atom is 0.274 e. The van der Waals surface area contributed by atoms with Gasteiger partial charge in [-0.15, -0.1) is 0 Å². The minimum absolute atomic E-state index is 0.111. The quantitative estimate of drug-likeness (QED) is 0.794. The predicted molar refractivity (Wildman–Crippen MR) is 80.8 cm³/mol. The highest BCUT2D eigenvalue weighted by Gasteiger charge is 2.25. The molecular formula is C16H17N3O3. The number of rotatable bonds is 1. The molecule has 0 aliphatic carbocycles. The largest absolute Gasteiger partial charge is 0.489 e. The molecule has 0 radical (unpaired) electrons. The highest BCUT2D eigenvalue weighted by atomic mass is 16.5. The molecule has 1 aromatic carbocycles. The molecule has 0 bridgehead atoms. The highest BCUT2D eigenvalue weighted by molar-refractivity contribution is 5.92. The number of hydrogen-bond donors (Lipinski definition) is 0. The Bertz CT molecular complexity index is 769. The van der Waals surface area contributed by atoms with E-state index in [1.54, 1.807) is 4.90 Å². The summed E-state index contributed by atoms with van der Waals surface area (Å²) in [6, 6.07) is 10.5. The molecular weight excluding hydrogens is 282 g/mol. The summed E-state index contributed by atoms with van der Waals surface area (Å²) in [6.45, 7) is 2.86. The van der Waals surface area contributed by atoms with Gasteiger partial charge in [0.05, 0.1) is 6.54 Å². The van der Waals surface area contributed by atoms with E-state index in [4.69, 9.17) is 4.74 Å². The Labute approximate surface area is 127 Å². The summed E-state index contributed by atoms with van der Waals surface area (Å²) in [4.78, 5) is 25.8. The standard InChI is InChI=1S/C16H17N3O3/c1-11-9-19(10-12-5-3-4-6-14(12)22-11)16(21)13-7-8-15(20)18(2)17-13/h3-8,11H,9-10H2,1-2H3. The van der Waals surface area contributed by atoms with Crippen LogP contribution in [0.25, 0.3) is 0 Å². The molecule has 1 atom stereocenters. The van der Waals surface area contributed by atoms with Crippen molar-refractivity contribution in [1.82, 2.24) is 14.7 Å². The Morgan fingerprint density at radius 3 is 2.82 bits per heavy atom. The molecule has 2 aromatic rings. The SMILES string of the molecule is CC1CN(C(=O)c2ccc(=O)n(C)n2)Cc2ccccc2O1. The number of aryl methyl sites for hydroxylation is 1. The predicted octanol–water partition coefficient (Wildman–Crippen LogP) is 1.20. The number of carbonyl (C=O) groups excluding carboxylic acids is 1. The van der Waals surface area contributed by atoms with Crippen molar-refractivity contribution in [3.05, 3.63) is 58.0 Å². The summed E-state index contributed by atoms with van der Waals surface area (Å²) in [5, 5.41) is 4.03. The van der Waals surface area contributed by atoms with Crippen LogP contribution in [0.4, 0.5) is 0 Å². The fourth-order valence-corrected chi connectivity index (χ4v) is 2.52. The van der Waals surface area contributed by atoms with Gasteiger partial charge < -0.3 is 9.64 Å². The molecule has 0 N–H and O–H groups in total. The molecule has 6 heteroatoms. The van der Waals surface area contributed by atoms with Crippen LogP contribution < -0.4 is 10.3 Å². The summed E-state index contributed by atoms with van der Waals surface area (Å²) in [5.74, 6) is 0.599. The average molecular weight is 299 g/mol. The van der Waals surface area contributed by atoms with Crippen LogP contribution in [0.15, 0.2) is 41.2 Å². The average Bonchev–Trinajstić information content (AvgIpc) is 2.67. The summed E-state index contributed by atoms with van der Waals surface area (Å²) >= 11 is 0. The van der Waals surface area contributed by atoms with E-state index in [9.17, 15) is 9.59 Å². The molecule has 114 valence electrons. The van der Waals surface area contributed by atoms with Crippen LogP contribution in [-0.2, 0) is 13.6 Å². The third-order valence-corrected chi connectivity index (χ3v) is 3.61. The summed E-state index contributed by atoms with van der Waals surface area (Å²) < 4.78 is 7.01. The van der Waals surface area contributed by atoms with Crippen molar-refractivity contribution < 1.29 is 9.53 Å². The van der Waals surface area contributed by atoms with Gasteiger partial charge >= 0.3 is 0 Å². The minimum Gasteiger partial charge on any atom is -0.489 e. The molecule has 0 saturated heterocycles. The third kappa shape index (κ3) is 2.72. The van der Waals surface area contributed by atoms with Gasteiger partial charge in [0.2, 0.25) is 0 Å². The second-order valence-electron chi connectivity index (χ2n) is 5.40. The number of para-hydroxylation sites is 1. The second kappa shape index (κ2) is 5.63. The van der Waals surface area contributed by atoms with E-state index in [0.717, 1.165) is 11.3 Å². The van der Waals surface area contributed by atoms with Gasteiger partial charge in [0.15, 0.2) is 0 Å².